The van der Waals surface area contributed by atoms with Crippen LogP contribution < -0.4 is 10.6 Å². The maximum Gasteiger partial charge on any atom is 0.187 e. The number of hydrogen-bond donors (Lipinski definition) is 1. The second-order valence-electron chi connectivity index (χ2n) is 4.03. The first kappa shape index (κ1) is 12.4. The smallest absolute Gasteiger partial charge is 0.187 e. The van der Waals surface area contributed by atoms with Crippen LogP contribution >= 0.6 is 0 Å². The number of anilines is 2. The monoisotopic (exact) mass is 246 g/mol. The number of nitrogens with zero attached hydrogens (tertiary/aromatic N) is 3. The van der Waals surface area contributed by atoms with Crippen LogP contribution in [0.15, 0.2) is 30.6 Å². The van der Waals surface area contributed by atoms with Crippen molar-refractivity contribution in [3.63, 3.8) is 0 Å². The van der Waals surface area contributed by atoms with E-state index < -0.39 is 5.82 Å². The highest BCUT2D eigenvalue weighted by Gasteiger charge is 2.13. The van der Waals surface area contributed by atoms with Gasteiger partial charge in [0.05, 0.1) is 5.69 Å². The minimum absolute atomic E-state index is 0.261. The molecule has 4 nitrogen and oxygen atoms in total. The lowest BCUT2D eigenvalue weighted by atomic mass is 10.2. The Morgan fingerprint density at radius 1 is 1.33 bits per heavy atom. The van der Waals surface area contributed by atoms with Gasteiger partial charge in [0.15, 0.2) is 11.6 Å². The van der Waals surface area contributed by atoms with E-state index >= 15 is 0 Å². The van der Waals surface area contributed by atoms with Crippen LogP contribution in [0.25, 0.3) is 0 Å². The Morgan fingerprint density at radius 3 is 2.83 bits per heavy atom. The molecule has 1 aromatic heterocycles. The highest BCUT2D eigenvalue weighted by Crippen LogP contribution is 2.25. The average Bonchev–Trinajstić information content (AvgIpc) is 2.41. The van der Waals surface area contributed by atoms with Crippen molar-refractivity contribution in [3.8, 4) is 0 Å². The summed E-state index contributed by atoms with van der Waals surface area (Å²) in [6, 6.07) is 7.62. The summed E-state index contributed by atoms with van der Waals surface area (Å²) >= 11 is 0. The number of benzene rings is 1. The number of aryl methyl sites for hydroxylation is 1. The molecule has 2 aromatic rings. The highest BCUT2D eigenvalue weighted by molar-refractivity contribution is 5.60. The van der Waals surface area contributed by atoms with Crippen LogP contribution in [0.2, 0.25) is 0 Å². The second-order valence-corrected chi connectivity index (χ2v) is 4.03. The lowest BCUT2D eigenvalue weighted by Gasteiger charge is -2.19. The second kappa shape index (κ2) is 5.10. The van der Waals surface area contributed by atoms with Gasteiger partial charge < -0.3 is 10.6 Å². The number of rotatable bonds is 3. The molecule has 0 saturated heterocycles. The Balaban J connectivity index is 2.41. The summed E-state index contributed by atoms with van der Waals surface area (Å²) in [5.74, 6) is -0.144. The van der Waals surface area contributed by atoms with Crippen LogP contribution in [0.5, 0.6) is 0 Å². The normalized spacial score (nSPS) is 10.4. The molecule has 2 rings (SSSR count). The van der Waals surface area contributed by atoms with E-state index in [1.165, 1.54) is 6.33 Å². The summed E-state index contributed by atoms with van der Waals surface area (Å²) in [6.07, 6.45) is 1.36. The van der Waals surface area contributed by atoms with Crippen LogP contribution in [0.1, 0.15) is 11.3 Å². The van der Waals surface area contributed by atoms with Gasteiger partial charge in [0, 0.05) is 19.3 Å². The summed E-state index contributed by atoms with van der Waals surface area (Å²) in [6.45, 7) is 2.07. The Labute approximate surface area is 105 Å². The maximum atomic E-state index is 13.9. The fraction of sp³-hybridized carbons (Fsp3) is 0.231. The predicted molar refractivity (Wildman–Crippen MR) is 69.1 cm³/mol. The minimum Gasteiger partial charge on any atom is -0.327 e. The van der Waals surface area contributed by atoms with Crippen molar-refractivity contribution < 1.29 is 4.39 Å². The molecule has 2 N–H and O–H groups in total. The molecule has 0 radical (unpaired) electrons. The molecule has 94 valence electrons. The van der Waals surface area contributed by atoms with E-state index in [0.29, 0.717) is 12.2 Å². The molecule has 0 unspecified atom stereocenters. The van der Waals surface area contributed by atoms with Gasteiger partial charge in [-0.3, -0.25) is 0 Å². The average molecular weight is 246 g/mol. The SMILES string of the molecule is Cc1ncnc(N(C)c2cccc(CN)c2)c1F. The molecule has 0 saturated carbocycles. The molecule has 0 bridgehead atoms. The summed E-state index contributed by atoms with van der Waals surface area (Å²) < 4.78 is 13.9. The van der Waals surface area contributed by atoms with Crippen LogP contribution in [-0.4, -0.2) is 17.0 Å². The van der Waals surface area contributed by atoms with Crippen LogP contribution in [0.4, 0.5) is 15.9 Å². The Hall–Kier alpha value is -2.01. The number of aromatic nitrogens is 2. The van der Waals surface area contributed by atoms with Crippen molar-refractivity contribution in [2.24, 2.45) is 5.73 Å². The van der Waals surface area contributed by atoms with Crippen molar-refractivity contribution in [1.29, 1.82) is 0 Å². The molecule has 0 fully saturated rings. The minimum atomic E-state index is -0.404. The van der Waals surface area contributed by atoms with Crippen LogP contribution in [-0.2, 0) is 6.54 Å². The Morgan fingerprint density at radius 2 is 2.11 bits per heavy atom. The first-order valence-corrected chi connectivity index (χ1v) is 5.63. The molecule has 1 heterocycles. The molecule has 0 aliphatic rings. The van der Waals surface area contributed by atoms with E-state index in [-0.39, 0.29) is 5.82 Å². The van der Waals surface area contributed by atoms with E-state index in [0.717, 1.165) is 11.3 Å². The van der Waals surface area contributed by atoms with Crippen molar-refractivity contribution in [3.05, 3.63) is 47.7 Å². The van der Waals surface area contributed by atoms with Gasteiger partial charge in [0.2, 0.25) is 0 Å². The molecule has 0 spiro atoms. The van der Waals surface area contributed by atoms with E-state index in [4.69, 9.17) is 5.73 Å². The zero-order chi connectivity index (χ0) is 13.1. The molecule has 0 aliphatic carbocycles. The van der Waals surface area contributed by atoms with Crippen LogP contribution in [0, 0.1) is 12.7 Å². The zero-order valence-corrected chi connectivity index (χ0v) is 10.4. The maximum absolute atomic E-state index is 13.9. The van der Waals surface area contributed by atoms with Gasteiger partial charge in [-0.15, -0.1) is 0 Å². The number of halogens is 1. The predicted octanol–water partition coefficient (Wildman–Crippen LogP) is 2.15. The van der Waals surface area contributed by atoms with E-state index in [9.17, 15) is 4.39 Å². The first-order chi connectivity index (χ1) is 8.63. The quantitative estimate of drug-likeness (QED) is 0.901. The van der Waals surface area contributed by atoms with Gasteiger partial charge in [-0.2, -0.15) is 0 Å². The Bertz CT molecular complexity index is 556. The zero-order valence-electron chi connectivity index (χ0n) is 10.4. The summed E-state index contributed by atoms with van der Waals surface area (Å²) in [7, 11) is 1.76. The molecular formula is C13H15FN4. The topological polar surface area (TPSA) is 55.0 Å². The third-order valence-corrected chi connectivity index (χ3v) is 2.80. The largest absolute Gasteiger partial charge is 0.327 e. The van der Waals surface area contributed by atoms with Crippen molar-refractivity contribution >= 4 is 11.5 Å². The molecule has 18 heavy (non-hydrogen) atoms. The molecule has 0 amide bonds. The fourth-order valence-electron chi connectivity index (χ4n) is 1.69. The summed E-state index contributed by atoms with van der Waals surface area (Å²) in [5.41, 5.74) is 7.76. The first-order valence-electron chi connectivity index (χ1n) is 5.63. The van der Waals surface area contributed by atoms with Crippen molar-refractivity contribution in [2.45, 2.75) is 13.5 Å². The number of hydrogen-bond acceptors (Lipinski definition) is 4. The van der Waals surface area contributed by atoms with Gasteiger partial charge >= 0.3 is 0 Å². The molecular weight excluding hydrogens is 231 g/mol. The van der Waals surface area contributed by atoms with E-state index in [2.05, 4.69) is 9.97 Å². The van der Waals surface area contributed by atoms with Gasteiger partial charge in [-0.25, -0.2) is 14.4 Å². The van der Waals surface area contributed by atoms with Crippen molar-refractivity contribution in [2.75, 3.05) is 11.9 Å². The van der Waals surface area contributed by atoms with Crippen molar-refractivity contribution in [1.82, 2.24) is 9.97 Å². The van der Waals surface area contributed by atoms with E-state index in [1.807, 2.05) is 24.3 Å². The molecule has 0 aliphatic heterocycles. The third kappa shape index (κ3) is 2.31. The standard InChI is InChI=1S/C13H15FN4/c1-9-12(14)13(17-8-16-9)18(2)11-5-3-4-10(6-11)7-15/h3-6,8H,7,15H2,1-2H3. The third-order valence-electron chi connectivity index (χ3n) is 2.80. The number of nitrogens with two attached hydrogens (primary N) is 1. The highest BCUT2D eigenvalue weighted by atomic mass is 19.1. The molecule has 0 atom stereocenters. The molecule has 1 aromatic carbocycles. The van der Waals surface area contributed by atoms with Crippen LogP contribution in [0.3, 0.4) is 0 Å². The summed E-state index contributed by atoms with van der Waals surface area (Å²) in [5, 5.41) is 0. The summed E-state index contributed by atoms with van der Waals surface area (Å²) in [4.78, 5) is 9.48. The van der Waals surface area contributed by atoms with E-state index in [1.54, 1.807) is 18.9 Å². The Kier molecular flexibility index (Phi) is 3.53. The lowest BCUT2D eigenvalue weighted by Crippen LogP contribution is -2.14. The lowest BCUT2D eigenvalue weighted by molar-refractivity contribution is 0.601. The van der Waals surface area contributed by atoms with Gasteiger partial charge in [0.1, 0.15) is 6.33 Å². The van der Waals surface area contributed by atoms with Gasteiger partial charge in [-0.05, 0) is 24.6 Å². The molecule has 5 heteroatoms. The van der Waals surface area contributed by atoms with Gasteiger partial charge in [-0.1, -0.05) is 12.1 Å². The fourth-order valence-corrected chi connectivity index (χ4v) is 1.69. The van der Waals surface area contributed by atoms with Gasteiger partial charge in [0.25, 0.3) is 0 Å².